The summed E-state index contributed by atoms with van der Waals surface area (Å²) < 4.78 is 15.7. The number of nitrogens with zero attached hydrogens (tertiary/aromatic N) is 3. The number of nitrogens with one attached hydrogen (secondary N) is 1. The van der Waals surface area contributed by atoms with Crippen LogP contribution >= 0.6 is 0 Å². The van der Waals surface area contributed by atoms with E-state index in [-0.39, 0.29) is 0 Å². The van der Waals surface area contributed by atoms with Crippen molar-refractivity contribution in [2.75, 3.05) is 14.2 Å². The minimum Gasteiger partial charge on any atom is -0.493 e. The zero-order valence-corrected chi connectivity index (χ0v) is 12.7. The zero-order valence-electron chi connectivity index (χ0n) is 12.7. The Labute approximate surface area is 132 Å². The highest BCUT2D eigenvalue weighted by atomic mass is 16.5. The van der Waals surface area contributed by atoms with E-state index in [1.165, 1.54) is 0 Å². The Balaban J connectivity index is 1.80. The number of aromatic amines is 1. The first-order valence-electron chi connectivity index (χ1n) is 6.86. The first-order chi connectivity index (χ1) is 11.2. The third kappa shape index (κ3) is 3.01. The van der Waals surface area contributed by atoms with Crippen molar-refractivity contribution in [1.82, 2.24) is 15.1 Å². The molecule has 3 rings (SSSR count). The van der Waals surface area contributed by atoms with E-state index < -0.39 is 0 Å². The van der Waals surface area contributed by atoms with Gasteiger partial charge in [-0.3, -0.25) is 0 Å². The molecule has 7 heteroatoms. The predicted octanol–water partition coefficient (Wildman–Crippen LogP) is 2.54. The first kappa shape index (κ1) is 14.7. The van der Waals surface area contributed by atoms with Crippen LogP contribution in [0.3, 0.4) is 0 Å². The van der Waals surface area contributed by atoms with Crippen LogP contribution in [0.5, 0.6) is 11.5 Å². The quantitative estimate of drug-likeness (QED) is 0.777. The molecule has 0 fully saturated rings. The summed E-state index contributed by atoms with van der Waals surface area (Å²) in [5.74, 6) is 2.21. The summed E-state index contributed by atoms with van der Waals surface area (Å²) in [6.07, 6.45) is 2.09. The molecule has 2 aromatic heterocycles. The average molecular weight is 310 g/mol. The molecule has 1 aromatic carbocycles. The van der Waals surface area contributed by atoms with Gasteiger partial charge in [0.05, 0.1) is 19.8 Å². The number of hydrogen-bond acceptors (Lipinski definition) is 6. The predicted molar refractivity (Wildman–Crippen MR) is 81.2 cm³/mol. The van der Waals surface area contributed by atoms with Gasteiger partial charge in [-0.2, -0.15) is 10.2 Å². The van der Waals surface area contributed by atoms with Crippen molar-refractivity contribution in [2.24, 2.45) is 0 Å². The molecule has 3 aromatic rings. The zero-order chi connectivity index (χ0) is 16.2. The van der Waals surface area contributed by atoms with Crippen molar-refractivity contribution < 1.29 is 14.0 Å². The van der Waals surface area contributed by atoms with Gasteiger partial charge in [0.2, 0.25) is 0 Å². The van der Waals surface area contributed by atoms with Crippen LogP contribution in [-0.4, -0.2) is 29.3 Å². The van der Waals surface area contributed by atoms with Crippen molar-refractivity contribution in [3.63, 3.8) is 0 Å². The van der Waals surface area contributed by atoms with Crippen molar-refractivity contribution in [3.8, 4) is 29.2 Å². The lowest BCUT2D eigenvalue weighted by molar-refractivity contribution is 0.354. The number of benzene rings is 1. The monoisotopic (exact) mass is 310 g/mol. The molecule has 0 aliphatic carbocycles. The first-order valence-corrected chi connectivity index (χ1v) is 6.86. The van der Waals surface area contributed by atoms with E-state index in [9.17, 15) is 0 Å². The van der Waals surface area contributed by atoms with Gasteiger partial charge >= 0.3 is 0 Å². The molecule has 7 nitrogen and oxygen atoms in total. The normalized spacial score (nSPS) is 10.3. The second-order valence-corrected chi connectivity index (χ2v) is 4.80. The lowest BCUT2D eigenvalue weighted by Gasteiger charge is -2.08. The lowest BCUT2D eigenvalue weighted by Crippen LogP contribution is -1.95. The van der Waals surface area contributed by atoms with E-state index >= 15 is 0 Å². The number of rotatable bonds is 5. The van der Waals surface area contributed by atoms with Gasteiger partial charge in [0.1, 0.15) is 11.8 Å². The topological polar surface area (TPSA) is 97.0 Å². The van der Waals surface area contributed by atoms with E-state index in [0.29, 0.717) is 40.9 Å². The summed E-state index contributed by atoms with van der Waals surface area (Å²) in [7, 11) is 3.18. The third-order valence-electron chi connectivity index (χ3n) is 3.32. The number of nitriles is 1. The van der Waals surface area contributed by atoms with Gasteiger partial charge in [-0.05, 0) is 23.8 Å². The number of H-pyrrole nitrogens is 1. The molecular weight excluding hydrogens is 296 g/mol. The van der Waals surface area contributed by atoms with E-state index in [1.807, 2.05) is 24.3 Å². The Kier molecular flexibility index (Phi) is 3.97. The molecule has 0 saturated heterocycles. The van der Waals surface area contributed by atoms with Gasteiger partial charge in [-0.15, -0.1) is 0 Å². The Morgan fingerprint density at radius 3 is 2.74 bits per heavy atom. The molecule has 0 amide bonds. The highest BCUT2D eigenvalue weighted by molar-refractivity contribution is 5.51. The minimum atomic E-state index is 0.349. The van der Waals surface area contributed by atoms with Crippen LogP contribution in [0.4, 0.5) is 0 Å². The maximum atomic E-state index is 8.83. The van der Waals surface area contributed by atoms with Gasteiger partial charge < -0.3 is 19.0 Å². The van der Waals surface area contributed by atoms with Gasteiger partial charge in [0, 0.05) is 12.6 Å². The molecule has 0 aliphatic heterocycles. The van der Waals surface area contributed by atoms with E-state index in [0.717, 1.165) is 5.56 Å². The van der Waals surface area contributed by atoms with Crippen LogP contribution < -0.4 is 9.47 Å². The van der Waals surface area contributed by atoms with Crippen LogP contribution in [0, 0.1) is 11.3 Å². The number of methoxy groups -OCH3 is 2. The third-order valence-corrected chi connectivity index (χ3v) is 3.32. The molecule has 116 valence electrons. The second-order valence-electron chi connectivity index (χ2n) is 4.80. The number of hydrogen-bond donors (Lipinski definition) is 1. The maximum absolute atomic E-state index is 8.83. The SMILES string of the molecule is COc1ccc(Cc2noc(-c3cc(C#N)c[nH]3)n2)cc1OC. The van der Waals surface area contributed by atoms with Crippen LogP contribution in [0.25, 0.3) is 11.6 Å². The second kappa shape index (κ2) is 6.23. The number of aromatic nitrogens is 3. The van der Waals surface area contributed by atoms with E-state index in [2.05, 4.69) is 15.1 Å². The average Bonchev–Trinajstić information content (AvgIpc) is 3.23. The molecule has 0 unspecified atom stereocenters. The summed E-state index contributed by atoms with van der Waals surface area (Å²) in [5, 5.41) is 12.8. The van der Waals surface area contributed by atoms with Crippen LogP contribution in [0.1, 0.15) is 17.0 Å². The Hall–Kier alpha value is -3.27. The Morgan fingerprint density at radius 2 is 2.04 bits per heavy atom. The lowest BCUT2D eigenvalue weighted by atomic mass is 10.1. The van der Waals surface area contributed by atoms with Gasteiger partial charge in [0.15, 0.2) is 17.3 Å². The fraction of sp³-hybridized carbons (Fsp3) is 0.188. The highest BCUT2D eigenvalue weighted by Gasteiger charge is 2.12. The van der Waals surface area contributed by atoms with Gasteiger partial charge in [-0.25, -0.2) is 0 Å². The largest absolute Gasteiger partial charge is 0.493 e. The van der Waals surface area contributed by atoms with Crippen molar-refractivity contribution in [1.29, 1.82) is 5.26 Å². The van der Waals surface area contributed by atoms with Crippen molar-refractivity contribution in [3.05, 3.63) is 47.4 Å². The molecule has 0 aliphatic rings. The standard InChI is InChI=1S/C16H14N4O3/c1-21-13-4-3-10(6-14(13)22-2)7-15-19-16(23-20-15)12-5-11(8-17)9-18-12/h3-6,9,18H,7H2,1-2H3. The van der Waals surface area contributed by atoms with Gasteiger partial charge in [0.25, 0.3) is 5.89 Å². The molecule has 0 bridgehead atoms. The molecule has 1 N–H and O–H groups in total. The van der Waals surface area contributed by atoms with Crippen molar-refractivity contribution in [2.45, 2.75) is 6.42 Å². The summed E-state index contributed by atoms with van der Waals surface area (Å²) >= 11 is 0. The van der Waals surface area contributed by atoms with E-state index in [1.54, 1.807) is 26.5 Å². The summed E-state index contributed by atoms with van der Waals surface area (Å²) in [6.45, 7) is 0. The summed E-state index contributed by atoms with van der Waals surface area (Å²) in [5.41, 5.74) is 2.10. The number of ether oxygens (including phenoxy) is 2. The molecule has 23 heavy (non-hydrogen) atoms. The van der Waals surface area contributed by atoms with Crippen LogP contribution in [0.15, 0.2) is 35.0 Å². The van der Waals surface area contributed by atoms with Crippen LogP contribution in [-0.2, 0) is 6.42 Å². The fourth-order valence-corrected chi connectivity index (χ4v) is 2.19. The molecular formula is C16H14N4O3. The maximum Gasteiger partial charge on any atom is 0.274 e. The molecule has 0 spiro atoms. The molecule has 0 radical (unpaired) electrons. The summed E-state index contributed by atoms with van der Waals surface area (Å²) in [6, 6.07) is 9.32. The fourth-order valence-electron chi connectivity index (χ4n) is 2.19. The molecule has 0 atom stereocenters. The molecule has 0 saturated carbocycles. The van der Waals surface area contributed by atoms with Crippen LogP contribution in [0.2, 0.25) is 0 Å². The van der Waals surface area contributed by atoms with Crippen molar-refractivity contribution >= 4 is 0 Å². The summed E-state index contributed by atoms with van der Waals surface area (Å²) in [4.78, 5) is 7.26. The minimum absolute atomic E-state index is 0.349. The Morgan fingerprint density at radius 1 is 1.22 bits per heavy atom. The highest BCUT2D eigenvalue weighted by Crippen LogP contribution is 2.28. The van der Waals surface area contributed by atoms with E-state index in [4.69, 9.17) is 19.3 Å². The van der Waals surface area contributed by atoms with Gasteiger partial charge in [-0.1, -0.05) is 11.2 Å². The Bertz CT molecular complexity index is 860. The molecule has 2 heterocycles. The smallest absolute Gasteiger partial charge is 0.274 e.